The van der Waals surface area contributed by atoms with Gasteiger partial charge in [-0.25, -0.2) is 9.67 Å². The lowest BCUT2D eigenvalue weighted by atomic mass is 9.87. The van der Waals surface area contributed by atoms with Crippen LogP contribution < -0.4 is 10.6 Å². The molecule has 1 saturated carbocycles. The Morgan fingerprint density at radius 1 is 1.24 bits per heavy atom. The first-order chi connectivity index (χ1) is 16.4. The van der Waals surface area contributed by atoms with Crippen LogP contribution in [0, 0.1) is 5.41 Å². The van der Waals surface area contributed by atoms with Gasteiger partial charge in [0, 0.05) is 36.3 Å². The van der Waals surface area contributed by atoms with Crippen LogP contribution in [0.15, 0.2) is 51.9 Å². The van der Waals surface area contributed by atoms with E-state index in [1.807, 2.05) is 6.92 Å². The molecule has 0 bridgehead atoms. The Hall–Kier alpha value is -3.60. The van der Waals surface area contributed by atoms with Gasteiger partial charge in [-0.05, 0) is 59.5 Å². The second-order valence-electron chi connectivity index (χ2n) is 8.61. The van der Waals surface area contributed by atoms with Gasteiger partial charge in [-0.2, -0.15) is 10.1 Å². The molecule has 174 valence electrons. The van der Waals surface area contributed by atoms with Crippen molar-refractivity contribution in [2.45, 2.75) is 32.2 Å². The molecule has 4 aromatic rings. The number of hydrogen-bond donors (Lipinski definition) is 2. The van der Waals surface area contributed by atoms with Crippen molar-refractivity contribution in [3.63, 3.8) is 0 Å². The highest BCUT2D eigenvalue weighted by molar-refractivity contribution is 9.10. The maximum Gasteiger partial charge on any atom is 0.231 e. The number of aromatic nitrogens is 5. The highest BCUT2D eigenvalue weighted by Crippen LogP contribution is 2.39. The van der Waals surface area contributed by atoms with Gasteiger partial charge in [0.25, 0.3) is 0 Å². The van der Waals surface area contributed by atoms with Crippen molar-refractivity contribution in [3.8, 4) is 5.69 Å². The Morgan fingerprint density at radius 2 is 2.03 bits per heavy atom. The van der Waals surface area contributed by atoms with Crippen LogP contribution in [0.2, 0.25) is 0 Å². The minimum atomic E-state index is -0.397. The molecule has 3 heterocycles. The number of nitrogens with one attached hydrogen (secondary N) is 2. The molecule has 2 N–H and O–H groups in total. The Labute approximate surface area is 203 Å². The number of nitrogens with zero attached hydrogens (tertiary/aromatic N) is 5. The summed E-state index contributed by atoms with van der Waals surface area (Å²) in [6, 6.07) is 8.63. The Morgan fingerprint density at radius 3 is 2.74 bits per heavy atom. The Kier molecular flexibility index (Phi) is 5.64. The highest BCUT2D eigenvalue weighted by atomic mass is 79.9. The standard InChI is InChI=1S/C23H22BrN7O3/c1-23(21(33)25-2)9-7-14(11-23)28-22-26-12-16-19(24)30-31(20(16)29-22)15-5-3-13(4-6-15)18(32)17-8-10-27-34-17/h3-6,8,10,12,14H,7,9,11H2,1-2H3,(H,25,33)(H,26,28,29)/t14-,23-/m1/s1. The second kappa shape index (κ2) is 8.64. The van der Waals surface area contributed by atoms with Crippen LogP contribution >= 0.6 is 15.9 Å². The van der Waals surface area contributed by atoms with Crippen molar-refractivity contribution in [1.29, 1.82) is 0 Å². The molecule has 3 aromatic heterocycles. The number of fused-ring (bicyclic) bond motifs is 1. The molecule has 11 heteroatoms. The third-order valence-electron chi connectivity index (χ3n) is 6.26. The lowest BCUT2D eigenvalue weighted by Gasteiger charge is -2.22. The summed E-state index contributed by atoms with van der Waals surface area (Å²) in [5, 5.41) is 15.0. The van der Waals surface area contributed by atoms with Crippen molar-refractivity contribution in [2.75, 3.05) is 12.4 Å². The molecular weight excluding hydrogens is 502 g/mol. The Balaban J connectivity index is 1.40. The van der Waals surface area contributed by atoms with Crippen LogP contribution in [-0.2, 0) is 4.79 Å². The van der Waals surface area contributed by atoms with Gasteiger partial charge < -0.3 is 15.2 Å². The lowest BCUT2D eigenvalue weighted by molar-refractivity contribution is -0.129. The maximum atomic E-state index is 12.5. The number of ketones is 1. The van der Waals surface area contributed by atoms with Gasteiger partial charge in [0.1, 0.15) is 4.60 Å². The Bertz CT molecular complexity index is 1370. The van der Waals surface area contributed by atoms with Crippen molar-refractivity contribution >= 4 is 44.6 Å². The van der Waals surface area contributed by atoms with E-state index in [4.69, 9.17) is 9.51 Å². The van der Waals surface area contributed by atoms with Crippen molar-refractivity contribution in [1.82, 2.24) is 30.2 Å². The summed E-state index contributed by atoms with van der Waals surface area (Å²) in [5.41, 5.74) is 1.44. The topological polar surface area (TPSA) is 128 Å². The summed E-state index contributed by atoms with van der Waals surface area (Å²) >= 11 is 3.48. The zero-order valence-corrected chi connectivity index (χ0v) is 20.2. The molecule has 0 spiro atoms. The predicted octanol–water partition coefficient (Wildman–Crippen LogP) is 3.51. The molecule has 1 aliphatic rings. The van der Waals surface area contributed by atoms with Gasteiger partial charge in [0.15, 0.2) is 5.65 Å². The summed E-state index contributed by atoms with van der Waals surface area (Å²) < 4.78 is 7.26. The van der Waals surface area contributed by atoms with Gasteiger partial charge >= 0.3 is 0 Å². The van der Waals surface area contributed by atoms with Crippen molar-refractivity contribution in [3.05, 3.63) is 58.7 Å². The van der Waals surface area contributed by atoms with Gasteiger partial charge in [0.2, 0.25) is 23.4 Å². The van der Waals surface area contributed by atoms with Crippen LogP contribution in [0.4, 0.5) is 5.95 Å². The largest absolute Gasteiger partial charge is 0.359 e. The third kappa shape index (κ3) is 3.96. The molecule has 0 saturated heterocycles. The van der Waals surface area contributed by atoms with E-state index < -0.39 is 5.41 Å². The van der Waals surface area contributed by atoms with E-state index in [0.717, 1.165) is 23.9 Å². The summed E-state index contributed by atoms with van der Waals surface area (Å²) in [6.07, 6.45) is 5.51. The minimum Gasteiger partial charge on any atom is -0.359 e. The number of hydrogen-bond acceptors (Lipinski definition) is 8. The molecular formula is C23H22BrN7O3. The maximum absolute atomic E-state index is 12.5. The molecule has 1 aliphatic carbocycles. The first-order valence-electron chi connectivity index (χ1n) is 10.8. The number of amides is 1. The fourth-order valence-electron chi connectivity index (χ4n) is 4.40. The molecule has 1 amide bonds. The van der Waals surface area contributed by atoms with Crippen LogP contribution in [0.3, 0.4) is 0 Å². The lowest BCUT2D eigenvalue weighted by Crippen LogP contribution is -2.35. The number of benzene rings is 1. The van der Waals surface area contributed by atoms with E-state index in [1.165, 1.54) is 12.3 Å². The monoisotopic (exact) mass is 523 g/mol. The summed E-state index contributed by atoms with van der Waals surface area (Å²) in [4.78, 5) is 33.9. The number of halogens is 1. The van der Waals surface area contributed by atoms with E-state index in [0.29, 0.717) is 28.2 Å². The van der Waals surface area contributed by atoms with E-state index in [2.05, 4.69) is 41.8 Å². The first-order valence-corrected chi connectivity index (χ1v) is 11.6. The van der Waals surface area contributed by atoms with E-state index in [1.54, 1.807) is 42.2 Å². The quantitative estimate of drug-likeness (QED) is 0.367. The molecule has 34 heavy (non-hydrogen) atoms. The average Bonchev–Trinajstić information content (AvgIpc) is 3.59. The normalized spacial score (nSPS) is 19.9. The minimum absolute atomic E-state index is 0.0559. The highest BCUT2D eigenvalue weighted by Gasteiger charge is 2.41. The van der Waals surface area contributed by atoms with E-state index in [9.17, 15) is 9.59 Å². The summed E-state index contributed by atoms with van der Waals surface area (Å²) in [5.74, 6) is 0.470. The molecule has 0 unspecified atom stereocenters. The SMILES string of the molecule is CNC(=O)[C@]1(C)CC[C@@H](Nc2ncc3c(Br)nn(-c4ccc(C(=O)c5ccno5)cc4)c3n2)C1. The summed E-state index contributed by atoms with van der Waals surface area (Å²) in [7, 11) is 1.67. The molecule has 2 atom stereocenters. The van der Waals surface area contributed by atoms with Gasteiger partial charge in [-0.1, -0.05) is 12.1 Å². The zero-order chi connectivity index (χ0) is 23.9. The van der Waals surface area contributed by atoms with Gasteiger partial charge in [-0.3, -0.25) is 9.59 Å². The molecule has 1 fully saturated rings. The summed E-state index contributed by atoms with van der Waals surface area (Å²) in [6.45, 7) is 1.99. The number of anilines is 1. The van der Waals surface area contributed by atoms with Crippen molar-refractivity contribution < 1.29 is 14.1 Å². The predicted molar refractivity (Wildman–Crippen MR) is 128 cm³/mol. The van der Waals surface area contributed by atoms with Crippen LogP contribution in [0.1, 0.15) is 42.3 Å². The van der Waals surface area contributed by atoms with Crippen LogP contribution in [0.25, 0.3) is 16.7 Å². The molecule has 0 radical (unpaired) electrons. The fraction of sp³-hybridized carbons (Fsp3) is 0.304. The van der Waals surface area contributed by atoms with Gasteiger partial charge in [-0.15, -0.1) is 0 Å². The van der Waals surface area contributed by atoms with Crippen LogP contribution in [-0.4, -0.2) is 49.7 Å². The second-order valence-corrected chi connectivity index (χ2v) is 9.36. The zero-order valence-electron chi connectivity index (χ0n) is 18.6. The van der Waals surface area contributed by atoms with E-state index in [-0.39, 0.29) is 23.5 Å². The average molecular weight is 524 g/mol. The van der Waals surface area contributed by atoms with E-state index >= 15 is 0 Å². The van der Waals surface area contributed by atoms with Crippen LogP contribution in [0.5, 0.6) is 0 Å². The smallest absolute Gasteiger partial charge is 0.231 e. The molecule has 0 aliphatic heterocycles. The van der Waals surface area contributed by atoms with Gasteiger partial charge in [0.05, 0.1) is 17.3 Å². The molecule has 10 nitrogen and oxygen atoms in total. The van der Waals surface area contributed by atoms with Crippen molar-refractivity contribution in [2.24, 2.45) is 5.41 Å². The molecule has 5 rings (SSSR count). The first kappa shape index (κ1) is 22.2. The number of rotatable bonds is 6. The fourth-order valence-corrected chi connectivity index (χ4v) is 4.84. The third-order valence-corrected chi connectivity index (χ3v) is 6.85. The molecule has 1 aromatic carbocycles. The number of carbonyl (C=O) groups is 2. The number of carbonyl (C=O) groups excluding carboxylic acids is 2.